The molecule has 0 saturated carbocycles. The maximum atomic E-state index is 12.5. The molecule has 0 radical (unpaired) electrons. The van der Waals surface area contributed by atoms with Gasteiger partial charge in [-0.3, -0.25) is 0 Å². The van der Waals surface area contributed by atoms with Gasteiger partial charge in [-0.2, -0.15) is 0 Å². The van der Waals surface area contributed by atoms with E-state index in [1.54, 1.807) is 36.4 Å². The van der Waals surface area contributed by atoms with Crippen LogP contribution in [0.15, 0.2) is 70.6 Å². The van der Waals surface area contributed by atoms with E-state index in [1.165, 1.54) is 0 Å². The summed E-state index contributed by atoms with van der Waals surface area (Å²) < 4.78 is 25.1. The number of hydrogen-bond donors (Lipinski definition) is 0. The quantitative estimate of drug-likeness (QED) is 0.724. The molecule has 0 fully saturated rings. The van der Waals surface area contributed by atoms with Crippen LogP contribution in [0.2, 0.25) is 0 Å². The lowest BCUT2D eigenvalue weighted by molar-refractivity contribution is 0.593. The van der Waals surface area contributed by atoms with Gasteiger partial charge in [0.1, 0.15) is 0 Å². The van der Waals surface area contributed by atoms with Crippen LogP contribution >= 0.6 is 0 Å². The molecule has 0 aliphatic rings. The summed E-state index contributed by atoms with van der Waals surface area (Å²) in [5.41, 5.74) is 1.70. The highest BCUT2D eigenvalue weighted by Gasteiger charge is 2.19. The minimum atomic E-state index is -3.56. The first-order valence-corrected chi connectivity index (χ1v) is 7.73. The van der Waals surface area contributed by atoms with Crippen LogP contribution in [-0.2, 0) is 9.84 Å². The molecule has 0 N–H and O–H groups in total. The number of hydrogen-bond acceptors (Lipinski definition) is 3. The van der Waals surface area contributed by atoms with Crippen molar-refractivity contribution in [3.8, 4) is 0 Å². The van der Waals surface area contributed by atoms with E-state index < -0.39 is 9.84 Å². The first kappa shape index (κ1) is 12.8. The van der Waals surface area contributed by atoms with Gasteiger partial charge < -0.3 is 0 Å². The summed E-state index contributed by atoms with van der Waals surface area (Å²) in [6, 6.07) is 17.6. The van der Waals surface area contributed by atoms with Gasteiger partial charge in [-0.05, 0) is 37.3 Å². The summed E-state index contributed by atoms with van der Waals surface area (Å²) in [6.07, 6.45) is 0. The molecule has 0 atom stereocenters. The Hall–Kier alpha value is -2.20. The number of sulfone groups is 1. The van der Waals surface area contributed by atoms with Crippen LogP contribution in [0.1, 0.15) is 5.56 Å². The predicted octanol–water partition coefficient (Wildman–Crippen LogP) is 3.38. The molecule has 20 heavy (non-hydrogen) atoms. The Labute approximate surface area is 117 Å². The molecule has 2 aromatic carbocycles. The first-order chi connectivity index (χ1) is 9.57. The van der Waals surface area contributed by atoms with Crippen molar-refractivity contribution in [2.45, 2.75) is 16.8 Å². The normalized spacial score (nSPS) is 11.7. The largest absolute Gasteiger partial charge is 0.236 e. The van der Waals surface area contributed by atoms with E-state index in [4.69, 9.17) is 0 Å². The Bertz CT molecular complexity index is 868. The molecule has 0 aliphatic heterocycles. The molecule has 0 aliphatic carbocycles. The highest BCUT2D eigenvalue weighted by Crippen LogP contribution is 2.22. The number of rotatable bonds is 2. The summed E-state index contributed by atoms with van der Waals surface area (Å²) in [5.74, 6) is 0. The van der Waals surface area contributed by atoms with E-state index in [0.29, 0.717) is 5.52 Å². The van der Waals surface area contributed by atoms with Crippen molar-refractivity contribution in [1.29, 1.82) is 0 Å². The van der Waals surface area contributed by atoms with Crippen LogP contribution in [0, 0.1) is 6.92 Å². The molecule has 3 aromatic rings. The zero-order valence-electron chi connectivity index (χ0n) is 10.9. The maximum absolute atomic E-state index is 12.5. The van der Waals surface area contributed by atoms with Crippen molar-refractivity contribution in [3.63, 3.8) is 0 Å². The molecule has 3 nitrogen and oxygen atoms in total. The zero-order valence-corrected chi connectivity index (χ0v) is 11.8. The van der Waals surface area contributed by atoms with E-state index in [0.717, 1.165) is 10.9 Å². The Morgan fingerprint density at radius 1 is 0.850 bits per heavy atom. The fourth-order valence-electron chi connectivity index (χ4n) is 2.04. The van der Waals surface area contributed by atoms with Crippen LogP contribution in [-0.4, -0.2) is 13.4 Å². The lowest BCUT2D eigenvalue weighted by atomic mass is 10.2. The van der Waals surface area contributed by atoms with Gasteiger partial charge in [0.2, 0.25) is 9.84 Å². The molecule has 0 amide bonds. The molecule has 4 heteroatoms. The Morgan fingerprint density at radius 3 is 2.30 bits per heavy atom. The fourth-order valence-corrected chi connectivity index (χ4v) is 3.24. The smallest absolute Gasteiger partial charge is 0.223 e. The van der Waals surface area contributed by atoms with Crippen molar-refractivity contribution in [2.75, 3.05) is 0 Å². The van der Waals surface area contributed by atoms with Crippen LogP contribution < -0.4 is 0 Å². The number of nitrogens with zero attached hydrogens (tertiary/aromatic N) is 1. The summed E-state index contributed by atoms with van der Waals surface area (Å²) in [7, 11) is -3.56. The first-order valence-electron chi connectivity index (χ1n) is 6.25. The molecule has 0 bridgehead atoms. The van der Waals surface area contributed by atoms with Gasteiger partial charge in [0.15, 0.2) is 5.03 Å². The van der Waals surface area contributed by atoms with Gasteiger partial charge in [-0.1, -0.05) is 35.9 Å². The van der Waals surface area contributed by atoms with E-state index in [1.807, 2.05) is 31.2 Å². The Morgan fingerprint density at radius 2 is 1.55 bits per heavy atom. The van der Waals surface area contributed by atoms with Crippen molar-refractivity contribution in [1.82, 2.24) is 4.98 Å². The Balaban J connectivity index is 2.15. The van der Waals surface area contributed by atoms with Crippen molar-refractivity contribution < 1.29 is 8.42 Å². The van der Waals surface area contributed by atoms with Crippen LogP contribution in [0.3, 0.4) is 0 Å². The van der Waals surface area contributed by atoms with Gasteiger partial charge in [-0.25, -0.2) is 13.4 Å². The van der Waals surface area contributed by atoms with E-state index in [2.05, 4.69) is 4.98 Å². The topological polar surface area (TPSA) is 47.0 Å². The van der Waals surface area contributed by atoms with Gasteiger partial charge in [0.05, 0.1) is 10.4 Å². The average molecular weight is 283 g/mol. The zero-order chi connectivity index (χ0) is 14.2. The molecule has 0 unspecified atom stereocenters. The third-order valence-electron chi connectivity index (χ3n) is 3.18. The molecule has 0 saturated heterocycles. The van der Waals surface area contributed by atoms with E-state index in [9.17, 15) is 8.42 Å². The van der Waals surface area contributed by atoms with E-state index >= 15 is 0 Å². The van der Waals surface area contributed by atoms with Crippen molar-refractivity contribution >= 4 is 20.7 Å². The van der Waals surface area contributed by atoms with Gasteiger partial charge in [0, 0.05) is 5.39 Å². The molecular formula is C16H13NO2S. The maximum Gasteiger partial charge on any atom is 0.223 e. The predicted molar refractivity (Wildman–Crippen MR) is 78.4 cm³/mol. The average Bonchev–Trinajstić information content (AvgIpc) is 2.47. The monoisotopic (exact) mass is 283 g/mol. The van der Waals surface area contributed by atoms with Gasteiger partial charge in [-0.15, -0.1) is 0 Å². The van der Waals surface area contributed by atoms with E-state index in [-0.39, 0.29) is 9.92 Å². The third-order valence-corrected chi connectivity index (χ3v) is 4.85. The summed E-state index contributed by atoms with van der Waals surface area (Å²) in [5, 5.41) is 1.01. The van der Waals surface area contributed by atoms with Gasteiger partial charge >= 0.3 is 0 Å². The van der Waals surface area contributed by atoms with Crippen molar-refractivity contribution in [2.24, 2.45) is 0 Å². The second-order valence-electron chi connectivity index (χ2n) is 4.66. The lowest BCUT2D eigenvalue weighted by Crippen LogP contribution is -2.04. The molecule has 1 aromatic heterocycles. The number of benzene rings is 2. The standard InChI is InChI=1S/C16H13NO2S/c1-12-6-9-14(10-7-12)20(18,19)16-11-8-13-4-2-3-5-15(13)17-16/h2-11H,1H3. The summed E-state index contributed by atoms with van der Waals surface area (Å²) >= 11 is 0. The molecule has 100 valence electrons. The highest BCUT2D eigenvalue weighted by atomic mass is 32.2. The highest BCUT2D eigenvalue weighted by molar-refractivity contribution is 7.91. The number of aryl methyl sites for hydroxylation is 1. The van der Waals surface area contributed by atoms with Crippen LogP contribution in [0.25, 0.3) is 10.9 Å². The second kappa shape index (κ2) is 4.72. The molecule has 0 spiro atoms. The molecule has 3 rings (SSSR count). The lowest BCUT2D eigenvalue weighted by Gasteiger charge is -2.05. The van der Waals surface area contributed by atoms with Gasteiger partial charge in [0.25, 0.3) is 0 Å². The van der Waals surface area contributed by atoms with Crippen LogP contribution in [0.4, 0.5) is 0 Å². The molecular weight excluding hydrogens is 270 g/mol. The Kier molecular flexibility index (Phi) is 3.03. The number of aromatic nitrogens is 1. The van der Waals surface area contributed by atoms with Crippen molar-refractivity contribution in [3.05, 3.63) is 66.2 Å². The number of para-hydroxylation sites is 1. The number of pyridine rings is 1. The van der Waals surface area contributed by atoms with Crippen LogP contribution in [0.5, 0.6) is 0 Å². The second-order valence-corrected chi connectivity index (χ2v) is 6.56. The third kappa shape index (κ3) is 2.18. The number of fused-ring (bicyclic) bond motifs is 1. The molecule has 1 heterocycles. The fraction of sp³-hybridized carbons (Fsp3) is 0.0625. The summed E-state index contributed by atoms with van der Waals surface area (Å²) in [6.45, 7) is 1.92. The summed E-state index contributed by atoms with van der Waals surface area (Å²) in [4.78, 5) is 4.53. The minimum absolute atomic E-state index is 0.0834. The minimum Gasteiger partial charge on any atom is -0.236 e. The SMILES string of the molecule is Cc1ccc(S(=O)(=O)c2ccc3ccccc3n2)cc1.